The van der Waals surface area contributed by atoms with Gasteiger partial charge in [-0.05, 0) is 63.7 Å². The van der Waals surface area contributed by atoms with E-state index >= 15 is 0 Å². The summed E-state index contributed by atoms with van der Waals surface area (Å²) in [4.78, 5) is 2.71. The SMILES string of the molecule is ICC1CCN(CC2CCNCC2)CC1. The molecule has 88 valence electrons. The molecule has 0 aromatic rings. The highest BCUT2D eigenvalue weighted by Gasteiger charge is 2.21. The van der Waals surface area contributed by atoms with Gasteiger partial charge in [-0.25, -0.2) is 0 Å². The Balaban J connectivity index is 1.67. The molecule has 2 nitrogen and oxygen atoms in total. The van der Waals surface area contributed by atoms with Gasteiger partial charge in [0.2, 0.25) is 0 Å². The summed E-state index contributed by atoms with van der Waals surface area (Å²) in [5, 5.41) is 3.45. The van der Waals surface area contributed by atoms with Crippen molar-refractivity contribution in [3.63, 3.8) is 0 Å². The number of halogens is 1. The molecule has 0 bridgehead atoms. The molecule has 0 aliphatic carbocycles. The quantitative estimate of drug-likeness (QED) is 0.633. The van der Waals surface area contributed by atoms with Crippen molar-refractivity contribution < 1.29 is 0 Å². The summed E-state index contributed by atoms with van der Waals surface area (Å²) in [6, 6.07) is 0. The maximum absolute atomic E-state index is 3.45. The van der Waals surface area contributed by atoms with Gasteiger partial charge in [0.05, 0.1) is 0 Å². The van der Waals surface area contributed by atoms with Gasteiger partial charge in [0.1, 0.15) is 0 Å². The summed E-state index contributed by atoms with van der Waals surface area (Å²) in [6.45, 7) is 6.58. The average molecular weight is 322 g/mol. The smallest absolute Gasteiger partial charge is 0.00246 e. The van der Waals surface area contributed by atoms with E-state index in [0.29, 0.717) is 0 Å². The number of hydrogen-bond donors (Lipinski definition) is 1. The summed E-state index contributed by atoms with van der Waals surface area (Å²) < 4.78 is 1.36. The molecule has 0 radical (unpaired) electrons. The molecule has 0 spiro atoms. The van der Waals surface area contributed by atoms with Crippen molar-refractivity contribution in [3.8, 4) is 0 Å². The van der Waals surface area contributed by atoms with E-state index in [1.165, 1.54) is 62.8 Å². The van der Waals surface area contributed by atoms with Gasteiger partial charge in [0.15, 0.2) is 0 Å². The molecule has 1 N–H and O–H groups in total. The molecule has 0 unspecified atom stereocenters. The fourth-order valence-corrected chi connectivity index (χ4v) is 3.63. The molecule has 2 aliphatic heterocycles. The number of piperidine rings is 2. The van der Waals surface area contributed by atoms with Crippen LogP contribution in [-0.2, 0) is 0 Å². The van der Waals surface area contributed by atoms with Crippen molar-refractivity contribution in [1.29, 1.82) is 0 Å². The summed E-state index contributed by atoms with van der Waals surface area (Å²) in [5.41, 5.74) is 0. The molecule has 2 fully saturated rings. The van der Waals surface area contributed by atoms with E-state index in [2.05, 4.69) is 32.8 Å². The van der Waals surface area contributed by atoms with Crippen LogP contribution in [0.15, 0.2) is 0 Å². The Labute approximate surface area is 107 Å². The summed E-state index contributed by atoms with van der Waals surface area (Å²) in [7, 11) is 0. The van der Waals surface area contributed by atoms with Gasteiger partial charge >= 0.3 is 0 Å². The van der Waals surface area contributed by atoms with Crippen molar-refractivity contribution in [3.05, 3.63) is 0 Å². The molecule has 2 saturated heterocycles. The third kappa shape index (κ3) is 3.86. The molecule has 0 saturated carbocycles. The lowest BCUT2D eigenvalue weighted by Gasteiger charge is -2.35. The number of nitrogens with one attached hydrogen (secondary N) is 1. The van der Waals surface area contributed by atoms with Gasteiger partial charge in [-0.15, -0.1) is 0 Å². The second kappa shape index (κ2) is 6.40. The molecule has 3 heteroatoms. The van der Waals surface area contributed by atoms with Crippen LogP contribution in [0.2, 0.25) is 0 Å². The number of alkyl halides is 1. The van der Waals surface area contributed by atoms with Crippen LogP contribution in [0.5, 0.6) is 0 Å². The molecule has 0 amide bonds. The third-order valence-corrected chi connectivity index (χ3v) is 5.15. The zero-order valence-corrected chi connectivity index (χ0v) is 11.7. The largest absolute Gasteiger partial charge is 0.317 e. The fourth-order valence-electron chi connectivity index (χ4n) is 2.75. The maximum Gasteiger partial charge on any atom is 0.00246 e. The third-order valence-electron chi connectivity index (χ3n) is 3.90. The van der Waals surface area contributed by atoms with E-state index in [-0.39, 0.29) is 0 Å². The van der Waals surface area contributed by atoms with E-state index in [1.54, 1.807) is 0 Å². The van der Waals surface area contributed by atoms with Gasteiger partial charge in [-0.3, -0.25) is 0 Å². The van der Waals surface area contributed by atoms with Gasteiger partial charge in [-0.1, -0.05) is 22.6 Å². The van der Waals surface area contributed by atoms with Crippen molar-refractivity contribution in [2.45, 2.75) is 25.7 Å². The van der Waals surface area contributed by atoms with E-state index in [1.807, 2.05) is 0 Å². The molecule has 2 heterocycles. The van der Waals surface area contributed by atoms with Crippen LogP contribution in [0.4, 0.5) is 0 Å². The number of rotatable bonds is 3. The highest BCUT2D eigenvalue weighted by Crippen LogP contribution is 2.21. The molecule has 15 heavy (non-hydrogen) atoms. The average Bonchev–Trinajstić information content (AvgIpc) is 2.31. The Morgan fingerprint density at radius 2 is 1.67 bits per heavy atom. The van der Waals surface area contributed by atoms with Crippen LogP contribution in [0.25, 0.3) is 0 Å². The van der Waals surface area contributed by atoms with E-state index < -0.39 is 0 Å². The van der Waals surface area contributed by atoms with E-state index in [4.69, 9.17) is 0 Å². The van der Waals surface area contributed by atoms with Gasteiger partial charge in [0, 0.05) is 11.0 Å². The van der Waals surface area contributed by atoms with Gasteiger partial charge in [-0.2, -0.15) is 0 Å². The Kier molecular flexibility index (Phi) is 5.17. The standard InChI is InChI=1S/C12H23IN2/c13-9-11-3-7-15(8-4-11)10-12-1-5-14-6-2-12/h11-12,14H,1-10H2. The number of likely N-dealkylation sites (tertiary alicyclic amines) is 1. The van der Waals surface area contributed by atoms with E-state index in [0.717, 1.165) is 11.8 Å². The zero-order chi connectivity index (χ0) is 10.5. The van der Waals surface area contributed by atoms with Crippen LogP contribution in [-0.4, -0.2) is 42.1 Å². The van der Waals surface area contributed by atoms with Crippen LogP contribution >= 0.6 is 22.6 Å². The molecule has 0 aromatic carbocycles. The number of hydrogen-bond acceptors (Lipinski definition) is 2. The molecular formula is C12H23IN2. The van der Waals surface area contributed by atoms with Crippen LogP contribution in [0, 0.1) is 11.8 Å². The first-order valence-electron chi connectivity index (χ1n) is 6.37. The zero-order valence-electron chi connectivity index (χ0n) is 9.55. The number of nitrogens with zero attached hydrogens (tertiary/aromatic N) is 1. The maximum atomic E-state index is 3.45. The predicted octanol–water partition coefficient (Wildman–Crippen LogP) is 2.13. The van der Waals surface area contributed by atoms with Crippen molar-refractivity contribution in [2.24, 2.45) is 11.8 Å². The first-order chi connectivity index (χ1) is 7.38. The Morgan fingerprint density at radius 3 is 2.27 bits per heavy atom. The second-order valence-corrected chi connectivity index (χ2v) is 5.97. The first-order valence-corrected chi connectivity index (χ1v) is 7.90. The molecule has 0 aromatic heterocycles. The Bertz CT molecular complexity index is 172. The summed E-state index contributed by atoms with van der Waals surface area (Å²) in [6.07, 6.45) is 5.67. The summed E-state index contributed by atoms with van der Waals surface area (Å²) in [5.74, 6) is 1.98. The van der Waals surface area contributed by atoms with Crippen molar-refractivity contribution >= 4 is 22.6 Å². The lowest BCUT2D eigenvalue weighted by molar-refractivity contribution is 0.156. The normalized spacial score (nSPS) is 27.0. The van der Waals surface area contributed by atoms with Gasteiger partial charge < -0.3 is 10.2 Å². The molecule has 2 aliphatic rings. The van der Waals surface area contributed by atoms with Crippen LogP contribution in [0.1, 0.15) is 25.7 Å². The molecule has 2 rings (SSSR count). The minimum Gasteiger partial charge on any atom is -0.317 e. The minimum absolute atomic E-state index is 0.974. The lowest BCUT2D eigenvalue weighted by atomic mass is 9.94. The highest BCUT2D eigenvalue weighted by atomic mass is 127. The summed E-state index contributed by atoms with van der Waals surface area (Å²) >= 11 is 2.54. The molecular weight excluding hydrogens is 299 g/mol. The topological polar surface area (TPSA) is 15.3 Å². The fraction of sp³-hybridized carbons (Fsp3) is 1.00. The Morgan fingerprint density at radius 1 is 1.00 bits per heavy atom. The highest BCUT2D eigenvalue weighted by molar-refractivity contribution is 14.1. The second-order valence-electron chi connectivity index (χ2n) is 5.09. The predicted molar refractivity (Wildman–Crippen MR) is 73.6 cm³/mol. The van der Waals surface area contributed by atoms with Crippen LogP contribution < -0.4 is 5.32 Å². The lowest BCUT2D eigenvalue weighted by Crippen LogP contribution is -2.40. The molecule has 0 atom stereocenters. The Hall–Kier alpha value is 0.650. The van der Waals surface area contributed by atoms with E-state index in [9.17, 15) is 0 Å². The monoisotopic (exact) mass is 322 g/mol. The minimum atomic E-state index is 0.974. The van der Waals surface area contributed by atoms with Crippen LogP contribution in [0.3, 0.4) is 0 Å². The van der Waals surface area contributed by atoms with Crippen molar-refractivity contribution in [2.75, 3.05) is 37.2 Å². The van der Waals surface area contributed by atoms with Crippen molar-refractivity contribution in [1.82, 2.24) is 10.2 Å². The first kappa shape index (κ1) is 12.1. The van der Waals surface area contributed by atoms with Gasteiger partial charge in [0.25, 0.3) is 0 Å².